The highest BCUT2D eigenvalue weighted by Gasteiger charge is 2.70. The van der Waals surface area contributed by atoms with E-state index in [0.717, 1.165) is 9.14 Å². The van der Waals surface area contributed by atoms with Gasteiger partial charge < -0.3 is 9.84 Å². The van der Waals surface area contributed by atoms with Crippen molar-refractivity contribution < 1.29 is 29.0 Å². The van der Waals surface area contributed by atoms with Crippen LogP contribution in [0.5, 0.6) is 11.5 Å². The maximum absolute atomic E-state index is 15.3. The number of anilines is 2. The van der Waals surface area contributed by atoms with Crippen molar-refractivity contribution in [2.45, 2.75) is 24.2 Å². The first-order valence-corrected chi connectivity index (χ1v) is 17.5. The molecule has 2 aliphatic carbocycles. The molecule has 0 aromatic heterocycles. The number of carbonyl (C=O) groups excluding carboxylic acids is 4. The number of carbonyl (C=O) groups is 4. The summed E-state index contributed by atoms with van der Waals surface area (Å²) in [6.45, 7) is 0. The Hall–Kier alpha value is -4.48. The summed E-state index contributed by atoms with van der Waals surface area (Å²) in [5.74, 6) is -4.80. The number of halogens is 2. The third-order valence-electron chi connectivity index (χ3n) is 10.8. The van der Waals surface area contributed by atoms with Gasteiger partial charge in [-0.25, -0.2) is 4.90 Å². The Bertz CT molecular complexity index is 2080. The number of nitrogens with zero attached hydrogens (tertiary/aromatic N) is 2. The molecule has 4 amide bonds. The van der Waals surface area contributed by atoms with Crippen molar-refractivity contribution in [3.63, 3.8) is 0 Å². The van der Waals surface area contributed by atoms with Gasteiger partial charge in [-0.15, -0.1) is 0 Å². The lowest BCUT2D eigenvalue weighted by atomic mass is 9.49. The summed E-state index contributed by atoms with van der Waals surface area (Å²) in [6.07, 6.45) is 2.42. The van der Waals surface area contributed by atoms with Crippen LogP contribution in [-0.2, 0) is 24.6 Å². The first-order valence-electron chi connectivity index (χ1n) is 16.1. The Morgan fingerprint density at radius 2 is 1.57 bits per heavy atom. The number of phenols is 1. The molecule has 2 aliphatic heterocycles. The number of hydrogen-bond donors (Lipinski definition) is 1. The van der Waals surface area contributed by atoms with E-state index >= 15 is 4.79 Å². The Labute approximate surface area is 301 Å². The fourth-order valence-corrected chi connectivity index (χ4v) is 9.37. The maximum atomic E-state index is 15.3. The van der Waals surface area contributed by atoms with Crippen LogP contribution in [0.3, 0.4) is 0 Å². The number of methoxy groups -OCH3 is 1. The number of allylic oxidation sites excluding steroid dienone is 2. The summed E-state index contributed by atoms with van der Waals surface area (Å²) in [5.41, 5.74) is 1.19. The number of amides is 4. The number of benzene rings is 4. The van der Waals surface area contributed by atoms with Gasteiger partial charge in [0.05, 0.1) is 41.7 Å². The zero-order valence-corrected chi connectivity index (χ0v) is 29.2. The van der Waals surface area contributed by atoms with Crippen LogP contribution in [-0.4, -0.2) is 35.8 Å². The van der Waals surface area contributed by atoms with E-state index in [0.29, 0.717) is 33.3 Å². The van der Waals surface area contributed by atoms with Crippen molar-refractivity contribution in [3.8, 4) is 11.5 Å². The van der Waals surface area contributed by atoms with Crippen molar-refractivity contribution in [1.29, 1.82) is 0 Å². The van der Waals surface area contributed by atoms with Crippen LogP contribution in [0.2, 0.25) is 5.02 Å². The standard InChI is InChI=1S/C39H30ClIN2O6/c1-49-26-14-15-28(32(44)19-26)34-27-16-17-29-33(37(47)42(35(29)45)24-12-10-23(41)11-13-24)30(27)20-31-36(46)43(25-9-5-8-22(40)18-25)38(48)39(31,34)21-6-3-2-4-7-21/h2-16,18-19,29-31,33-34,44H,17,20H2,1H3/t29-,30+,31-,33-,34+,39+/m0/s1. The van der Waals surface area contributed by atoms with Gasteiger partial charge in [0.15, 0.2) is 0 Å². The molecule has 0 unspecified atom stereocenters. The van der Waals surface area contributed by atoms with Crippen molar-refractivity contribution in [3.05, 3.63) is 128 Å². The van der Waals surface area contributed by atoms with Crippen LogP contribution in [0.15, 0.2) is 109 Å². The highest BCUT2D eigenvalue weighted by Crippen LogP contribution is 2.65. The summed E-state index contributed by atoms with van der Waals surface area (Å²) in [7, 11) is 1.50. The van der Waals surface area contributed by atoms with E-state index in [4.69, 9.17) is 16.3 Å². The molecule has 0 spiro atoms. The number of ether oxygens (including phenoxy) is 1. The number of rotatable bonds is 5. The van der Waals surface area contributed by atoms with E-state index in [-0.39, 0.29) is 30.4 Å². The van der Waals surface area contributed by atoms with E-state index in [9.17, 15) is 19.5 Å². The molecule has 1 N–H and O–H groups in total. The number of imide groups is 2. The van der Waals surface area contributed by atoms with Gasteiger partial charge in [-0.05, 0) is 95.4 Å². The molecular weight excluding hydrogens is 755 g/mol. The van der Waals surface area contributed by atoms with Crippen LogP contribution < -0.4 is 14.5 Å². The van der Waals surface area contributed by atoms with Crippen LogP contribution in [0.4, 0.5) is 11.4 Å². The molecule has 4 aliphatic rings. The minimum atomic E-state index is -1.48. The predicted octanol–water partition coefficient (Wildman–Crippen LogP) is 7.03. The summed E-state index contributed by atoms with van der Waals surface area (Å²) in [4.78, 5) is 61.0. The van der Waals surface area contributed by atoms with E-state index in [1.807, 2.05) is 48.5 Å². The molecule has 246 valence electrons. The van der Waals surface area contributed by atoms with E-state index < -0.39 is 46.8 Å². The minimum absolute atomic E-state index is 0.0992. The average Bonchev–Trinajstić information content (AvgIpc) is 3.50. The lowest BCUT2D eigenvalue weighted by molar-refractivity contribution is -0.127. The molecule has 0 bridgehead atoms. The van der Waals surface area contributed by atoms with Gasteiger partial charge in [-0.3, -0.25) is 24.1 Å². The second-order valence-electron chi connectivity index (χ2n) is 13.0. The van der Waals surface area contributed by atoms with Gasteiger partial charge >= 0.3 is 0 Å². The van der Waals surface area contributed by atoms with E-state index in [1.54, 1.807) is 48.5 Å². The second kappa shape index (κ2) is 11.8. The number of fused-ring (bicyclic) bond motifs is 4. The van der Waals surface area contributed by atoms with Crippen molar-refractivity contribution in [2.24, 2.45) is 23.7 Å². The van der Waals surface area contributed by atoms with Crippen LogP contribution >= 0.6 is 34.2 Å². The van der Waals surface area contributed by atoms with E-state index in [1.165, 1.54) is 23.0 Å². The van der Waals surface area contributed by atoms with Crippen LogP contribution in [0.1, 0.15) is 29.9 Å². The molecular formula is C39H30ClIN2O6. The predicted molar refractivity (Wildman–Crippen MR) is 192 cm³/mol. The third-order valence-corrected chi connectivity index (χ3v) is 11.8. The summed E-state index contributed by atoms with van der Waals surface area (Å²) >= 11 is 8.56. The molecule has 10 heteroatoms. The zero-order chi connectivity index (χ0) is 34.2. The molecule has 8 rings (SSSR count). The SMILES string of the molecule is COc1ccc([C@H]2C3=CC[C@@H]4C(=O)N(c5ccc(I)cc5)C(=O)[C@@H]4[C@@H]3C[C@H]3C(=O)N(c4cccc(Cl)c4)C(=O)[C@@]23c2ccccc2)c(O)c1. The van der Waals surface area contributed by atoms with Gasteiger partial charge in [0, 0.05) is 26.1 Å². The van der Waals surface area contributed by atoms with E-state index in [2.05, 4.69) is 22.6 Å². The molecule has 0 radical (unpaired) electrons. The van der Waals surface area contributed by atoms with Gasteiger partial charge in [-0.1, -0.05) is 65.7 Å². The van der Waals surface area contributed by atoms with Gasteiger partial charge in [0.1, 0.15) is 11.5 Å². The molecule has 6 atom stereocenters. The second-order valence-corrected chi connectivity index (χ2v) is 14.7. The Kier molecular flexibility index (Phi) is 7.68. The normalized spacial score (nSPS) is 27.5. The Morgan fingerprint density at radius 3 is 2.27 bits per heavy atom. The molecule has 1 saturated carbocycles. The molecule has 4 aromatic rings. The number of aromatic hydroxyl groups is 1. The average molecular weight is 785 g/mol. The molecule has 8 nitrogen and oxygen atoms in total. The largest absolute Gasteiger partial charge is 0.508 e. The molecule has 3 fully saturated rings. The lowest BCUT2D eigenvalue weighted by Crippen LogP contribution is -2.53. The van der Waals surface area contributed by atoms with Crippen LogP contribution in [0, 0.1) is 27.2 Å². The monoisotopic (exact) mass is 784 g/mol. The first kappa shape index (κ1) is 31.8. The third kappa shape index (κ3) is 4.61. The summed E-state index contributed by atoms with van der Waals surface area (Å²) in [5, 5.41) is 12.0. The Morgan fingerprint density at radius 1 is 0.816 bits per heavy atom. The quantitative estimate of drug-likeness (QED) is 0.133. The highest BCUT2D eigenvalue weighted by atomic mass is 127. The molecule has 49 heavy (non-hydrogen) atoms. The highest BCUT2D eigenvalue weighted by molar-refractivity contribution is 14.1. The van der Waals surface area contributed by atoms with Crippen LogP contribution in [0.25, 0.3) is 0 Å². The fourth-order valence-electron chi connectivity index (χ4n) is 8.83. The molecule has 2 saturated heterocycles. The van der Waals surface area contributed by atoms with Gasteiger partial charge in [-0.2, -0.15) is 0 Å². The zero-order valence-electron chi connectivity index (χ0n) is 26.3. The minimum Gasteiger partial charge on any atom is -0.508 e. The Balaban J connectivity index is 1.36. The number of hydrogen-bond acceptors (Lipinski definition) is 6. The topological polar surface area (TPSA) is 104 Å². The van der Waals surface area contributed by atoms with Crippen molar-refractivity contribution >= 4 is 69.2 Å². The molecule has 2 heterocycles. The molecule has 4 aromatic carbocycles. The fraction of sp³-hybridized carbons (Fsp3) is 0.231. The maximum Gasteiger partial charge on any atom is 0.246 e. The van der Waals surface area contributed by atoms with Crippen molar-refractivity contribution in [2.75, 3.05) is 16.9 Å². The summed E-state index contributed by atoms with van der Waals surface area (Å²) < 4.78 is 6.38. The smallest absolute Gasteiger partial charge is 0.246 e. The van der Waals surface area contributed by atoms with Crippen molar-refractivity contribution in [1.82, 2.24) is 0 Å². The number of phenolic OH excluding ortho intramolecular Hbond substituents is 1. The first-order chi connectivity index (χ1) is 23.7. The lowest BCUT2D eigenvalue weighted by Gasteiger charge is -2.50. The summed E-state index contributed by atoms with van der Waals surface area (Å²) in [6, 6.07) is 28.0. The van der Waals surface area contributed by atoms with Gasteiger partial charge in [0.2, 0.25) is 23.6 Å². The van der Waals surface area contributed by atoms with Gasteiger partial charge in [0.25, 0.3) is 0 Å².